The summed E-state index contributed by atoms with van der Waals surface area (Å²) in [6.45, 7) is 0.387. The van der Waals surface area contributed by atoms with Gasteiger partial charge in [-0.25, -0.2) is 0 Å². The molecule has 2 N–H and O–H groups in total. The van der Waals surface area contributed by atoms with Crippen molar-refractivity contribution in [3.63, 3.8) is 0 Å². The van der Waals surface area contributed by atoms with Gasteiger partial charge in [0, 0.05) is 12.6 Å². The fourth-order valence-corrected chi connectivity index (χ4v) is 2.36. The van der Waals surface area contributed by atoms with Crippen LogP contribution in [-0.2, 0) is 16.1 Å². The molecule has 1 aromatic rings. The van der Waals surface area contributed by atoms with Crippen molar-refractivity contribution in [2.24, 2.45) is 0 Å². The van der Waals surface area contributed by atoms with Crippen molar-refractivity contribution in [2.75, 3.05) is 0 Å². The molecule has 1 saturated carbocycles. The molecule has 2 rings (SSSR count). The molecule has 0 heterocycles. The first kappa shape index (κ1) is 13.6. The molecule has 4 heteroatoms. The highest BCUT2D eigenvalue weighted by Crippen LogP contribution is 2.17. The molecule has 0 radical (unpaired) electrons. The molecule has 4 nitrogen and oxygen atoms in total. The van der Waals surface area contributed by atoms with E-state index in [9.17, 15) is 9.59 Å². The van der Waals surface area contributed by atoms with E-state index in [2.05, 4.69) is 10.6 Å². The lowest BCUT2D eigenvalue weighted by molar-refractivity contribution is -0.139. The Labute approximate surface area is 113 Å². The summed E-state index contributed by atoms with van der Waals surface area (Å²) < 4.78 is 0. The van der Waals surface area contributed by atoms with E-state index in [-0.39, 0.29) is 6.04 Å². The standard InChI is InChI=1S/C15H20N2O2/c18-14(16-11-12-7-3-1-4-8-12)15(19)17-13-9-5-2-6-10-13/h1,3-4,7-8,13H,2,5-6,9-11H2,(H,16,18)(H,17,19). The van der Waals surface area contributed by atoms with Gasteiger partial charge in [-0.1, -0.05) is 49.6 Å². The lowest BCUT2D eigenvalue weighted by Crippen LogP contribution is -2.45. The van der Waals surface area contributed by atoms with Gasteiger partial charge in [-0.3, -0.25) is 9.59 Å². The van der Waals surface area contributed by atoms with Gasteiger partial charge in [-0.05, 0) is 18.4 Å². The largest absolute Gasteiger partial charge is 0.345 e. The first-order valence-corrected chi connectivity index (χ1v) is 6.88. The SMILES string of the molecule is O=C(NCc1ccccc1)C(=O)NC1CCCCC1. The van der Waals surface area contributed by atoms with Crippen molar-refractivity contribution in [1.82, 2.24) is 10.6 Å². The number of hydrogen-bond donors (Lipinski definition) is 2. The smallest absolute Gasteiger partial charge is 0.309 e. The van der Waals surface area contributed by atoms with Crippen molar-refractivity contribution < 1.29 is 9.59 Å². The number of amides is 2. The normalized spacial score (nSPS) is 15.8. The van der Waals surface area contributed by atoms with E-state index in [1.807, 2.05) is 30.3 Å². The molecule has 1 fully saturated rings. The minimum atomic E-state index is -0.547. The van der Waals surface area contributed by atoms with Gasteiger partial charge in [0.15, 0.2) is 0 Å². The van der Waals surface area contributed by atoms with Gasteiger partial charge in [0.05, 0.1) is 0 Å². The predicted molar refractivity (Wildman–Crippen MR) is 73.3 cm³/mol. The summed E-state index contributed by atoms with van der Waals surface area (Å²) in [5.41, 5.74) is 0.987. The summed E-state index contributed by atoms with van der Waals surface area (Å²) in [7, 11) is 0. The molecule has 0 saturated heterocycles. The van der Waals surface area contributed by atoms with Crippen LogP contribution in [0.4, 0.5) is 0 Å². The Morgan fingerprint density at radius 1 is 1.00 bits per heavy atom. The highest BCUT2D eigenvalue weighted by molar-refractivity contribution is 6.35. The fourth-order valence-electron chi connectivity index (χ4n) is 2.36. The number of hydrogen-bond acceptors (Lipinski definition) is 2. The molecular formula is C15H20N2O2. The molecule has 0 bridgehead atoms. The van der Waals surface area contributed by atoms with E-state index < -0.39 is 11.8 Å². The molecule has 102 valence electrons. The second kappa shape index (κ2) is 6.92. The van der Waals surface area contributed by atoms with Crippen LogP contribution in [0, 0.1) is 0 Å². The van der Waals surface area contributed by atoms with Crippen LogP contribution >= 0.6 is 0 Å². The van der Waals surface area contributed by atoms with Crippen LogP contribution in [0.5, 0.6) is 0 Å². The molecular weight excluding hydrogens is 240 g/mol. The number of carbonyl (C=O) groups is 2. The van der Waals surface area contributed by atoms with E-state index >= 15 is 0 Å². The lowest BCUT2D eigenvalue weighted by Gasteiger charge is -2.22. The zero-order chi connectivity index (χ0) is 13.5. The van der Waals surface area contributed by atoms with E-state index in [0.717, 1.165) is 31.2 Å². The summed E-state index contributed by atoms with van der Waals surface area (Å²) >= 11 is 0. The molecule has 0 spiro atoms. The fraction of sp³-hybridized carbons (Fsp3) is 0.467. The molecule has 0 unspecified atom stereocenters. The average Bonchev–Trinajstić information content (AvgIpc) is 2.47. The Balaban J connectivity index is 1.74. The quantitative estimate of drug-likeness (QED) is 0.813. The maximum absolute atomic E-state index is 11.7. The summed E-state index contributed by atoms with van der Waals surface area (Å²) in [5, 5.41) is 5.44. The topological polar surface area (TPSA) is 58.2 Å². The summed E-state index contributed by atoms with van der Waals surface area (Å²) in [4.78, 5) is 23.4. The van der Waals surface area contributed by atoms with Crippen LogP contribution in [0.25, 0.3) is 0 Å². The molecule has 0 atom stereocenters. The van der Waals surface area contributed by atoms with Crippen LogP contribution in [0.1, 0.15) is 37.7 Å². The van der Waals surface area contributed by atoms with Gasteiger partial charge in [-0.15, -0.1) is 0 Å². The van der Waals surface area contributed by atoms with Crippen molar-refractivity contribution in [3.05, 3.63) is 35.9 Å². The molecule has 19 heavy (non-hydrogen) atoms. The van der Waals surface area contributed by atoms with Gasteiger partial charge in [-0.2, -0.15) is 0 Å². The maximum Gasteiger partial charge on any atom is 0.309 e. The Kier molecular flexibility index (Phi) is 4.95. The van der Waals surface area contributed by atoms with Gasteiger partial charge >= 0.3 is 11.8 Å². The monoisotopic (exact) mass is 260 g/mol. The van der Waals surface area contributed by atoms with E-state index in [4.69, 9.17) is 0 Å². The first-order chi connectivity index (χ1) is 9.25. The lowest BCUT2D eigenvalue weighted by atomic mass is 9.95. The zero-order valence-electron chi connectivity index (χ0n) is 11.0. The van der Waals surface area contributed by atoms with Gasteiger partial charge in [0.25, 0.3) is 0 Å². The highest BCUT2D eigenvalue weighted by atomic mass is 16.2. The van der Waals surface area contributed by atoms with Crippen molar-refractivity contribution in [2.45, 2.75) is 44.7 Å². The molecule has 1 aliphatic carbocycles. The van der Waals surface area contributed by atoms with Gasteiger partial charge in [0.1, 0.15) is 0 Å². The third-order valence-electron chi connectivity index (χ3n) is 3.44. The van der Waals surface area contributed by atoms with Crippen molar-refractivity contribution in [1.29, 1.82) is 0 Å². The van der Waals surface area contributed by atoms with Gasteiger partial charge in [0.2, 0.25) is 0 Å². The van der Waals surface area contributed by atoms with Crippen molar-refractivity contribution >= 4 is 11.8 Å². The van der Waals surface area contributed by atoms with Crippen molar-refractivity contribution in [3.8, 4) is 0 Å². The maximum atomic E-state index is 11.7. The van der Waals surface area contributed by atoms with Crippen LogP contribution in [0.3, 0.4) is 0 Å². The second-order valence-corrected chi connectivity index (χ2v) is 4.98. The number of rotatable bonds is 3. The third kappa shape index (κ3) is 4.39. The van der Waals surface area contributed by atoms with Gasteiger partial charge < -0.3 is 10.6 Å². The molecule has 1 aliphatic rings. The minimum Gasteiger partial charge on any atom is -0.345 e. The minimum absolute atomic E-state index is 0.170. The van der Waals surface area contributed by atoms with Crippen LogP contribution in [0.2, 0.25) is 0 Å². The number of carbonyl (C=O) groups excluding carboxylic acids is 2. The Morgan fingerprint density at radius 2 is 1.68 bits per heavy atom. The Bertz CT molecular complexity index is 425. The predicted octanol–water partition coefficient (Wildman–Crippen LogP) is 1.75. The summed E-state index contributed by atoms with van der Waals surface area (Å²) in [6.07, 6.45) is 5.47. The molecule has 2 amide bonds. The third-order valence-corrected chi connectivity index (χ3v) is 3.44. The van der Waals surface area contributed by atoms with Crippen LogP contribution in [-0.4, -0.2) is 17.9 Å². The second-order valence-electron chi connectivity index (χ2n) is 4.98. The molecule has 0 aromatic heterocycles. The highest BCUT2D eigenvalue weighted by Gasteiger charge is 2.19. The first-order valence-electron chi connectivity index (χ1n) is 6.88. The number of benzene rings is 1. The van der Waals surface area contributed by atoms with E-state index in [1.165, 1.54) is 6.42 Å². The molecule has 0 aliphatic heterocycles. The summed E-state index contributed by atoms with van der Waals surface area (Å²) in [5.74, 6) is -1.06. The van der Waals surface area contributed by atoms with E-state index in [0.29, 0.717) is 6.54 Å². The number of nitrogens with one attached hydrogen (secondary N) is 2. The summed E-state index contributed by atoms with van der Waals surface area (Å²) in [6, 6.07) is 9.73. The zero-order valence-corrected chi connectivity index (χ0v) is 11.0. The van der Waals surface area contributed by atoms with Crippen LogP contribution in [0.15, 0.2) is 30.3 Å². The van der Waals surface area contributed by atoms with E-state index in [1.54, 1.807) is 0 Å². The average molecular weight is 260 g/mol. The molecule has 1 aromatic carbocycles. The Hall–Kier alpha value is -1.84. The Morgan fingerprint density at radius 3 is 2.37 bits per heavy atom. The van der Waals surface area contributed by atoms with Crippen LogP contribution < -0.4 is 10.6 Å².